The number of aromatic amines is 1. The molecule has 1 heterocycles. The van der Waals surface area contributed by atoms with Gasteiger partial charge in [0.2, 0.25) is 5.95 Å². The lowest BCUT2D eigenvalue weighted by Crippen LogP contribution is -2.10. The highest BCUT2D eigenvalue weighted by Crippen LogP contribution is 2.21. The van der Waals surface area contributed by atoms with Crippen molar-refractivity contribution in [3.8, 4) is 22.8 Å². The number of phenolic OH excluding ortho intramolecular Hbond substituents is 2. The van der Waals surface area contributed by atoms with Crippen molar-refractivity contribution in [3.05, 3.63) is 70.5 Å². The molecule has 0 aliphatic carbocycles. The molecule has 0 bridgehead atoms. The fraction of sp³-hybridized carbons (Fsp3) is 0. The van der Waals surface area contributed by atoms with Gasteiger partial charge >= 0.3 is 0 Å². The third-order valence-electron chi connectivity index (χ3n) is 3.20. The van der Waals surface area contributed by atoms with Gasteiger partial charge in [0.1, 0.15) is 11.5 Å². The minimum Gasteiger partial charge on any atom is -0.508 e. The van der Waals surface area contributed by atoms with Crippen LogP contribution in [0.25, 0.3) is 11.3 Å². The Morgan fingerprint density at radius 2 is 1.88 bits per heavy atom. The minimum atomic E-state index is -0.311. The fourth-order valence-electron chi connectivity index (χ4n) is 2.07. The van der Waals surface area contributed by atoms with Gasteiger partial charge < -0.3 is 10.2 Å². The highest BCUT2D eigenvalue weighted by atomic mass is 16.3. The average molecular weight is 322 g/mol. The second-order valence-corrected chi connectivity index (χ2v) is 4.96. The summed E-state index contributed by atoms with van der Waals surface area (Å²) >= 11 is 0. The van der Waals surface area contributed by atoms with Gasteiger partial charge in [-0.1, -0.05) is 30.3 Å². The molecule has 3 aromatic rings. The largest absolute Gasteiger partial charge is 0.508 e. The Labute approximate surface area is 137 Å². The van der Waals surface area contributed by atoms with E-state index in [2.05, 4.69) is 20.5 Å². The van der Waals surface area contributed by atoms with Crippen molar-refractivity contribution in [2.24, 2.45) is 5.10 Å². The zero-order chi connectivity index (χ0) is 16.9. The van der Waals surface area contributed by atoms with E-state index in [4.69, 9.17) is 0 Å². The van der Waals surface area contributed by atoms with Gasteiger partial charge in [0.25, 0.3) is 5.56 Å². The molecule has 0 aliphatic heterocycles. The molecule has 0 spiro atoms. The summed E-state index contributed by atoms with van der Waals surface area (Å²) in [5, 5.41) is 22.8. The molecule has 0 unspecified atom stereocenters. The number of hydrazone groups is 1. The molecule has 3 rings (SSSR count). The van der Waals surface area contributed by atoms with Crippen molar-refractivity contribution >= 4 is 12.2 Å². The van der Waals surface area contributed by atoms with E-state index in [9.17, 15) is 15.0 Å². The van der Waals surface area contributed by atoms with Crippen molar-refractivity contribution in [2.45, 2.75) is 0 Å². The molecule has 0 saturated carbocycles. The van der Waals surface area contributed by atoms with E-state index < -0.39 is 0 Å². The van der Waals surface area contributed by atoms with Crippen LogP contribution in [0.2, 0.25) is 0 Å². The third kappa shape index (κ3) is 3.58. The number of hydrogen-bond acceptors (Lipinski definition) is 6. The number of phenols is 2. The van der Waals surface area contributed by atoms with Crippen LogP contribution in [-0.2, 0) is 0 Å². The predicted octanol–water partition coefficient (Wildman–Crippen LogP) is 2.29. The van der Waals surface area contributed by atoms with Crippen molar-refractivity contribution < 1.29 is 10.2 Å². The highest BCUT2D eigenvalue weighted by molar-refractivity contribution is 5.84. The summed E-state index contributed by atoms with van der Waals surface area (Å²) in [5.74, 6) is 0.0232. The SMILES string of the molecule is O=c1cc(-c2ccccc2)nc(N/N=C/c2ccc(O)cc2O)[nH]1. The van der Waals surface area contributed by atoms with Crippen LogP contribution in [0.4, 0.5) is 5.95 Å². The van der Waals surface area contributed by atoms with E-state index >= 15 is 0 Å². The highest BCUT2D eigenvalue weighted by Gasteiger charge is 2.03. The van der Waals surface area contributed by atoms with Gasteiger partial charge in [-0.3, -0.25) is 9.78 Å². The number of benzene rings is 2. The van der Waals surface area contributed by atoms with Crippen LogP contribution >= 0.6 is 0 Å². The molecule has 120 valence electrons. The van der Waals surface area contributed by atoms with Crippen LogP contribution in [0.1, 0.15) is 5.56 Å². The van der Waals surface area contributed by atoms with Crippen LogP contribution in [0.5, 0.6) is 11.5 Å². The zero-order valence-corrected chi connectivity index (χ0v) is 12.5. The molecule has 1 aromatic heterocycles. The Bertz CT molecular complexity index is 936. The van der Waals surface area contributed by atoms with Gasteiger partial charge in [-0.05, 0) is 12.1 Å². The number of nitrogens with zero attached hydrogens (tertiary/aromatic N) is 2. The van der Waals surface area contributed by atoms with E-state index in [1.165, 1.54) is 30.5 Å². The first-order valence-electron chi connectivity index (χ1n) is 7.10. The molecule has 0 aliphatic rings. The summed E-state index contributed by atoms with van der Waals surface area (Å²) in [5.41, 5.74) is 4.04. The van der Waals surface area contributed by atoms with E-state index in [-0.39, 0.29) is 23.0 Å². The summed E-state index contributed by atoms with van der Waals surface area (Å²) in [7, 11) is 0. The second kappa shape index (κ2) is 6.66. The molecular formula is C17H14N4O3. The van der Waals surface area contributed by atoms with Gasteiger partial charge in [-0.25, -0.2) is 10.4 Å². The smallest absolute Gasteiger partial charge is 0.252 e. The molecule has 0 fully saturated rings. The number of nitrogens with one attached hydrogen (secondary N) is 2. The fourth-order valence-corrected chi connectivity index (χ4v) is 2.07. The summed E-state index contributed by atoms with van der Waals surface area (Å²) in [6.07, 6.45) is 1.35. The Morgan fingerprint density at radius 3 is 2.62 bits per heavy atom. The molecule has 4 N–H and O–H groups in total. The normalized spacial score (nSPS) is 10.8. The predicted molar refractivity (Wildman–Crippen MR) is 91.3 cm³/mol. The summed E-state index contributed by atoms with van der Waals surface area (Å²) in [6, 6.07) is 14.8. The van der Waals surface area contributed by atoms with Crippen LogP contribution in [0.15, 0.2) is 64.5 Å². The van der Waals surface area contributed by atoms with Crippen LogP contribution < -0.4 is 11.0 Å². The van der Waals surface area contributed by atoms with Crippen molar-refractivity contribution in [1.82, 2.24) is 9.97 Å². The van der Waals surface area contributed by atoms with Crippen molar-refractivity contribution in [3.63, 3.8) is 0 Å². The van der Waals surface area contributed by atoms with Crippen LogP contribution in [-0.4, -0.2) is 26.4 Å². The molecular weight excluding hydrogens is 308 g/mol. The Kier molecular flexibility index (Phi) is 4.24. The molecule has 7 nitrogen and oxygen atoms in total. The second-order valence-electron chi connectivity index (χ2n) is 4.96. The molecule has 7 heteroatoms. The first-order chi connectivity index (χ1) is 11.6. The van der Waals surface area contributed by atoms with Crippen molar-refractivity contribution in [1.29, 1.82) is 0 Å². The van der Waals surface area contributed by atoms with Gasteiger partial charge in [0.15, 0.2) is 0 Å². The van der Waals surface area contributed by atoms with Crippen molar-refractivity contribution in [2.75, 3.05) is 5.43 Å². The summed E-state index contributed by atoms with van der Waals surface area (Å²) in [6.45, 7) is 0. The van der Waals surface area contributed by atoms with E-state index in [0.717, 1.165) is 5.56 Å². The van der Waals surface area contributed by atoms with Crippen LogP contribution in [0.3, 0.4) is 0 Å². The van der Waals surface area contributed by atoms with Gasteiger partial charge in [-0.15, -0.1) is 0 Å². The lowest BCUT2D eigenvalue weighted by atomic mass is 10.1. The maximum absolute atomic E-state index is 11.8. The number of rotatable bonds is 4. The first kappa shape index (κ1) is 15.3. The quantitative estimate of drug-likeness (QED) is 0.435. The van der Waals surface area contributed by atoms with Gasteiger partial charge in [0, 0.05) is 23.3 Å². The number of H-pyrrole nitrogens is 1. The van der Waals surface area contributed by atoms with E-state index in [0.29, 0.717) is 11.3 Å². The lowest BCUT2D eigenvalue weighted by molar-refractivity contribution is 0.450. The van der Waals surface area contributed by atoms with E-state index in [1.807, 2.05) is 30.3 Å². The molecule has 0 amide bonds. The number of hydrogen-bond donors (Lipinski definition) is 4. The topological polar surface area (TPSA) is 111 Å². The Balaban J connectivity index is 1.82. The maximum Gasteiger partial charge on any atom is 0.252 e. The standard InChI is InChI=1S/C17H14N4O3/c22-13-7-6-12(15(23)8-13)10-18-21-17-19-14(9-16(24)20-17)11-4-2-1-3-5-11/h1-10,22-23H,(H2,19,20,21,24)/b18-10+. The van der Waals surface area contributed by atoms with Gasteiger partial charge in [0.05, 0.1) is 11.9 Å². The molecule has 0 saturated heterocycles. The molecule has 24 heavy (non-hydrogen) atoms. The van der Waals surface area contributed by atoms with Gasteiger partial charge in [-0.2, -0.15) is 5.10 Å². The van der Waals surface area contributed by atoms with E-state index in [1.54, 1.807) is 0 Å². The summed E-state index contributed by atoms with van der Waals surface area (Å²) < 4.78 is 0. The minimum absolute atomic E-state index is 0.0424. The first-order valence-corrected chi connectivity index (χ1v) is 7.10. The molecule has 0 radical (unpaired) electrons. The third-order valence-corrected chi connectivity index (χ3v) is 3.20. The Hall–Kier alpha value is -3.61. The monoisotopic (exact) mass is 322 g/mol. The lowest BCUT2D eigenvalue weighted by Gasteiger charge is -2.04. The number of anilines is 1. The Morgan fingerprint density at radius 1 is 1.08 bits per heavy atom. The average Bonchev–Trinajstić information content (AvgIpc) is 2.57. The number of aromatic hydroxyl groups is 2. The number of aromatic nitrogens is 2. The summed E-state index contributed by atoms with van der Waals surface area (Å²) in [4.78, 5) is 18.6. The maximum atomic E-state index is 11.8. The molecule has 0 atom stereocenters. The molecule has 2 aromatic carbocycles. The van der Waals surface area contributed by atoms with Crippen LogP contribution in [0, 0.1) is 0 Å². The zero-order valence-electron chi connectivity index (χ0n) is 12.5.